The summed E-state index contributed by atoms with van der Waals surface area (Å²) in [6.45, 7) is 0. The second-order valence-electron chi connectivity index (χ2n) is 3.90. The first-order chi connectivity index (χ1) is 9.36. The van der Waals surface area contributed by atoms with Gasteiger partial charge in [0.15, 0.2) is 0 Å². The van der Waals surface area contributed by atoms with E-state index in [4.69, 9.17) is 5.26 Å². The molecule has 0 spiro atoms. The van der Waals surface area contributed by atoms with Gasteiger partial charge < -0.3 is 5.32 Å². The molecule has 3 aromatic rings. The molecule has 3 rings (SSSR count). The van der Waals surface area contributed by atoms with E-state index in [2.05, 4.69) is 20.3 Å². The molecule has 19 heavy (non-hydrogen) atoms. The Hall–Kier alpha value is -3.00. The molecule has 0 bridgehead atoms. The predicted molar refractivity (Wildman–Crippen MR) is 71.8 cm³/mol. The summed E-state index contributed by atoms with van der Waals surface area (Å²) >= 11 is 0. The summed E-state index contributed by atoms with van der Waals surface area (Å²) < 4.78 is 0. The van der Waals surface area contributed by atoms with Crippen LogP contribution in [0, 0.1) is 11.3 Å². The lowest BCUT2D eigenvalue weighted by atomic mass is 10.1. The number of anilines is 2. The zero-order valence-corrected chi connectivity index (χ0v) is 9.91. The van der Waals surface area contributed by atoms with Gasteiger partial charge in [0.05, 0.1) is 5.69 Å². The Morgan fingerprint density at radius 3 is 2.95 bits per heavy atom. The van der Waals surface area contributed by atoms with Crippen LogP contribution < -0.4 is 5.32 Å². The maximum absolute atomic E-state index is 8.82. The summed E-state index contributed by atoms with van der Waals surface area (Å²) in [6, 6.07) is 11.4. The standard InChI is InChI=1S/C14H9N5/c15-8-11-5-7-17-14(18-11)19-13-3-1-2-10-4-6-16-9-12(10)13/h1-7,9H,(H,17,18,19). The maximum atomic E-state index is 8.82. The average Bonchev–Trinajstić information content (AvgIpc) is 2.48. The molecular weight excluding hydrogens is 238 g/mol. The lowest BCUT2D eigenvalue weighted by Gasteiger charge is -2.07. The zero-order valence-electron chi connectivity index (χ0n) is 9.91. The molecule has 1 aromatic carbocycles. The molecule has 0 atom stereocenters. The quantitative estimate of drug-likeness (QED) is 0.753. The molecule has 0 radical (unpaired) electrons. The lowest BCUT2D eigenvalue weighted by Crippen LogP contribution is -1.98. The number of benzene rings is 1. The van der Waals surface area contributed by atoms with Gasteiger partial charge in [0, 0.05) is 24.0 Å². The van der Waals surface area contributed by atoms with E-state index in [-0.39, 0.29) is 0 Å². The van der Waals surface area contributed by atoms with Crippen molar-refractivity contribution in [3.8, 4) is 6.07 Å². The van der Waals surface area contributed by atoms with E-state index in [0.29, 0.717) is 11.6 Å². The Morgan fingerprint density at radius 2 is 2.05 bits per heavy atom. The van der Waals surface area contributed by atoms with Crippen molar-refractivity contribution in [1.29, 1.82) is 5.26 Å². The number of nitrogens with zero attached hydrogens (tertiary/aromatic N) is 4. The fourth-order valence-corrected chi connectivity index (χ4v) is 1.82. The number of nitriles is 1. The summed E-state index contributed by atoms with van der Waals surface area (Å²) in [7, 11) is 0. The number of rotatable bonds is 2. The molecule has 0 saturated carbocycles. The smallest absolute Gasteiger partial charge is 0.228 e. The second-order valence-corrected chi connectivity index (χ2v) is 3.90. The third-order valence-corrected chi connectivity index (χ3v) is 2.70. The van der Waals surface area contributed by atoms with Crippen LogP contribution in [0.5, 0.6) is 0 Å². The van der Waals surface area contributed by atoms with Crippen LogP contribution in [0.1, 0.15) is 5.69 Å². The SMILES string of the molecule is N#Cc1ccnc(Nc2cccc3ccncc23)n1. The molecule has 2 heterocycles. The third kappa shape index (κ3) is 2.19. The number of aromatic nitrogens is 3. The number of nitrogens with one attached hydrogen (secondary N) is 1. The van der Waals surface area contributed by atoms with E-state index in [1.54, 1.807) is 24.7 Å². The highest BCUT2D eigenvalue weighted by atomic mass is 15.1. The minimum atomic E-state index is 0.330. The van der Waals surface area contributed by atoms with Gasteiger partial charge in [-0.1, -0.05) is 12.1 Å². The summed E-state index contributed by atoms with van der Waals surface area (Å²) in [5.41, 5.74) is 1.19. The van der Waals surface area contributed by atoms with E-state index < -0.39 is 0 Å². The summed E-state index contributed by atoms with van der Waals surface area (Å²) in [5.74, 6) is 0.399. The summed E-state index contributed by atoms with van der Waals surface area (Å²) in [6.07, 6.45) is 5.09. The Bertz CT molecular complexity index is 771. The van der Waals surface area contributed by atoms with Crippen molar-refractivity contribution < 1.29 is 0 Å². The summed E-state index contributed by atoms with van der Waals surface area (Å²) in [5, 5.41) is 14.0. The van der Waals surface area contributed by atoms with Crippen LogP contribution in [-0.2, 0) is 0 Å². The first-order valence-electron chi connectivity index (χ1n) is 5.70. The third-order valence-electron chi connectivity index (χ3n) is 2.70. The highest BCUT2D eigenvalue weighted by Gasteiger charge is 2.03. The van der Waals surface area contributed by atoms with Gasteiger partial charge in [0.25, 0.3) is 0 Å². The van der Waals surface area contributed by atoms with Crippen LogP contribution in [-0.4, -0.2) is 15.0 Å². The van der Waals surface area contributed by atoms with Crippen LogP contribution in [0.3, 0.4) is 0 Å². The minimum absolute atomic E-state index is 0.330. The highest BCUT2D eigenvalue weighted by molar-refractivity contribution is 5.94. The van der Waals surface area contributed by atoms with Gasteiger partial charge >= 0.3 is 0 Å². The highest BCUT2D eigenvalue weighted by Crippen LogP contribution is 2.24. The molecule has 0 saturated heterocycles. The van der Waals surface area contributed by atoms with E-state index in [1.807, 2.05) is 30.3 Å². The summed E-state index contributed by atoms with van der Waals surface area (Å²) in [4.78, 5) is 12.3. The molecule has 0 aliphatic carbocycles. The molecule has 0 aliphatic rings. The van der Waals surface area contributed by atoms with Crippen molar-refractivity contribution in [2.24, 2.45) is 0 Å². The van der Waals surface area contributed by atoms with Crippen molar-refractivity contribution in [3.05, 3.63) is 54.6 Å². The molecule has 0 aliphatic heterocycles. The minimum Gasteiger partial charge on any atom is -0.324 e. The Kier molecular flexibility index (Phi) is 2.75. The van der Waals surface area contributed by atoms with Crippen LogP contribution in [0.4, 0.5) is 11.6 Å². The predicted octanol–water partition coefficient (Wildman–Crippen LogP) is 2.64. The van der Waals surface area contributed by atoms with Gasteiger partial charge in [-0.15, -0.1) is 0 Å². The van der Waals surface area contributed by atoms with Gasteiger partial charge in [-0.25, -0.2) is 9.97 Å². The zero-order chi connectivity index (χ0) is 13.1. The molecule has 0 fully saturated rings. The maximum Gasteiger partial charge on any atom is 0.228 e. The van der Waals surface area contributed by atoms with Crippen LogP contribution >= 0.6 is 0 Å². The van der Waals surface area contributed by atoms with E-state index >= 15 is 0 Å². The topological polar surface area (TPSA) is 74.5 Å². The molecule has 5 nitrogen and oxygen atoms in total. The van der Waals surface area contributed by atoms with Gasteiger partial charge in [-0.2, -0.15) is 5.26 Å². The molecule has 90 valence electrons. The van der Waals surface area contributed by atoms with E-state index in [0.717, 1.165) is 16.5 Å². The second kappa shape index (κ2) is 4.70. The Labute approximate surface area is 109 Å². The van der Waals surface area contributed by atoms with Crippen molar-refractivity contribution in [3.63, 3.8) is 0 Å². The average molecular weight is 247 g/mol. The van der Waals surface area contributed by atoms with Gasteiger partial charge in [0.2, 0.25) is 5.95 Å². The Morgan fingerprint density at radius 1 is 1.11 bits per heavy atom. The fourth-order valence-electron chi connectivity index (χ4n) is 1.82. The van der Waals surface area contributed by atoms with E-state index in [9.17, 15) is 0 Å². The molecule has 5 heteroatoms. The lowest BCUT2D eigenvalue weighted by molar-refractivity contribution is 1.14. The molecule has 2 aromatic heterocycles. The first-order valence-corrected chi connectivity index (χ1v) is 5.70. The Balaban J connectivity index is 2.04. The number of hydrogen-bond donors (Lipinski definition) is 1. The van der Waals surface area contributed by atoms with Crippen molar-refractivity contribution in [2.45, 2.75) is 0 Å². The van der Waals surface area contributed by atoms with Gasteiger partial charge in [-0.3, -0.25) is 4.98 Å². The molecule has 1 N–H and O–H groups in total. The van der Waals surface area contributed by atoms with Crippen LogP contribution in [0.25, 0.3) is 10.8 Å². The van der Waals surface area contributed by atoms with Crippen molar-refractivity contribution >= 4 is 22.4 Å². The number of fused-ring (bicyclic) bond motifs is 1. The molecular formula is C14H9N5. The van der Waals surface area contributed by atoms with Gasteiger partial charge in [0.1, 0.15) is 11.8 Å². The monoisotopic (exact) mass is 247 g/mol. The molecule has 0 unspecified atom stereocenters. The number of pyridine rings is 1. The molecule has 0 amide bonds. The van der Waals surface area contributed by atoms with E-state index in [1.165, 1.54) is 0 Å². The number of hydrogen-bond acceptors (Lipinski definition) is 5. The first kappa shape index (κ1) is 11.1. The fraction of sp³-hybridized carbons (Fsp3) is 0. The normalized spacial score (nSPS) is 10.1. The van der Waals surface area contributed by atoms with Crippen LogP contribution in [0.2, 0.25) is 0 Å². The van der Waals surface area contributed by atoms with Crippen LogP contribution in [0.15, 0.2) is 48.9 Å². The van der Waals surface area contributed by atoms with Crippen molar-refractivity contribution in [1.82, 2.24) is 15.0 Å². The van der Waals surface area contributed by atoms with Crippen molar-refractivity contribution in [2.75, 3.05) is 5.32 Å². The largest absolute Gasteiger partial charge is 0.324 e. The van der Waals surface area contributed by atoms with Gasteiger partial charge in [-0.05, 0) is 23.6 Å².